The van der Waals surface area contributed by atoms with Crippen LogP contribution in [-0.2, 0) is 14.4 Å². The Labute approximate surface area is 836 Å². The number of benzene rings is 3. The maximum Gasteiger partial charge on any atom is 0.276 e. The number of aryl methyl sites for hydroxylation is 3. The van der Waals surface area contributed by atoms with Crippen LogP contribution in [0, 0.1) is 101 Å². The Hall–Kier alpha value is -13.4. The molecular weight excluding hydrogens is 1990 g/mol. The molecular formula is C99H87Cl7F8N18O9. The first-order valence-electron chi connectivity index (χ1n) is 43.7. The number of nitrogens with zero attached hydrogens (tertiary/aromatic N) is 18. The number of carbonyl (C=O) groups excluding carboxylic acids is 3. The van der Waals surface area contributed by atoms with Crippen LogP contribution in [-0.4, -0.2) is 167 Å². The molecule has 3 amide bonds. The van der Waals surface area contributed by atoms with Gasteiger partial charge >= 0.3 is 0 Å². The van der Waals surface area contributed by atoms with Gasteiger partial charge in [0.2, 0.25) is 29.4 Å². The molecule has 9 aromatic heterocycles. The molecule has 12 heterocycles. The van der Waals surface area contributed by atoms with Crippen molar-refractivity contribution in [3.63, 3.8) is 0 Å². The Bertz CT molecular complexity index is 6870. The van der Waals surface area contributed by atoms with E-state index in [1.165, 1.54) is 50.1 Å². The van der Waals surface area contributed by atoms with Gasteiger partial charge < -0.3 is 44.7 Å². The van der Waals surface area contributed by atoms with Crippen LogP contribution < -0.4 is 31.4 Å². The lowest BCUT2D eigenvalue weighted by Gasteiger charge is -2.45. The Balaban J connectivity index is 0.000000178. The van der Waals surface area contributed by atoms with Crippen molar-refractivity contribution < 1.29 is 64.8 Å². The van der Waals surface area contributed by atoms with E-state index in [2.05, 4.69) is 55.7 Å². The average Bonchev–Trinajstić information content (AvgIpc) is 0.725. The van der Waals surface area contributed by atoms with Gasteiger partial charge in [0.05, 0.1) is 120 Å². The van der Waals surface area contributed by atoms with E-state index in [0.717, 1.165) is 0 Å². The number of hydrogen-bond acceptors (Lipinski definition) is 21. The number of hydrogen-bond donors (Lipinski definition) is 3. The number of rotatable bonds is 15. The molecule has 0 aliphatic carbocycles. The minimum absolute atomic E-state index is 0.0401. The highest BCUT2D eigenvalue weighted by atomic mass is 35.5. The van der Waals surface area contributed by atoms with E-state index in [1.54, 1.807) is 82.1 Å². The van der Waals surface area contributed by atoms with Crippen molar-refractivity contribution in [3.05, 3.63) is 256 Å². The lowest BCUT2D eigenvalue weighted by Crippen LogP contribution is -2.58. The quantitative estimate of drug-likeness (QED) is 0.0371. The highest BCUT2D eigenvalue weighted by Crippen LogP contribution is 2.50. The first-order chi connectivity index (χ1) is 66.5. The van der Waals surface area contributed by atoms with Gasteiger partial charge in [-0.2, -0.15) is 24.6 Å². The molecule has 3 N–H and O–H groups in total. The minimum Gasteiger partial charge on any atom is -0.503 e. The number of aromatic nitrogens is 9. The predicted octanol–water partition coefficient (Wildman–Crippen LogP) is 20.9. The third-order valence-corrected chi connectivity index (χ3v) is 27.2. The molecule has 12 aromatic rings. The number of phenolic OH excluding ortho intramolecular Hbond substituents is 3. The van der Waals surface area contributed by atoms with Gasteiger partial charge in [0, 0.05) is 110 Å². The summed E-state index contributed by atoms with van der Waals surface area (Å²) in [5.74, 6) is -19.4. The number of carbonyl (C=O) groups is 3. The Morgan fingerprint density at radius 3 is 0.844 bits per heavy atom. The van der Waals surface area contributed by atoms with Crippen LogP contribution in [0.4, 0.5) is 52.2 Å². The maximum atomic E-state index is 15.5. The van der Waals surface area contributed by atoms with Crippen molar-refractivity contribution in [2.45, 2.75) is 158 Å². The molecule has 3 fully saturated rings. The van der Waals surface area contributed by atoms with E-state index in [1.807, 2.05) is 100 Å². The number of piperazine rings is 3. The van der Waals surface area contributed by atoms with Crippen LogP contribution >= 0.6 is 81.2 Å². The maximum absolute atomic E-state index is 15.5. The minimum atomic E-state index is -1.89. The highest BCUT2D eigenvalue weighted by molar-refractivity contribution is 6.45. The summed E-state index contributed by atoms with van der Waals surface area (Å²) in [5.41, 5.74) is -2.01. The molecule has 15 rings (SSSR count). The predicted molar refractivity (Wildman–Crippen MR) is 527 cm³/mol. The molecule has 0 saturated carbocycles. The molecule has 141 heavy (non-hydrogen) atoms. The number of nitriles is 3. The van der Waals surface area contributed by atoms with E-state index >= 15 is 13.2 Å². The standard InChI is InChI=1S/C33H29Cl3F2N6O3.2C33H29Cl2F3N6O3/c1-7-21(45)43-16(5)12-42(13-17(43)6)30-18-10-20(34)28(22-23(35)24(36)26(38)31(46)25(22)37)41-32(18)44(33(47)19(30)11-39)29-15(4)8-9-40-27(29)14(2)3;2*1-7-21(45)43-16(5)12-42(13-17(43)6)30-18-10-20(34)28(22-23(35)25(37)26(38)31(46)24(22)36)41-32(18)44(33(47)19(30)11-39)29-15(4)8-9-40-27(29)14(2)3/h3*7-10,14,16-17,46H,1,12-13H2,2-6H3/t3*16-,17+. The molecule has 0 unspecified atom stereocenters. The van der Waals surface area contributed by atoms with Crippen molar-refractivity contribution in [2.75, 3.05) is 54.0 Å². The Morgan fingerprint density at radius 1 is 0.383 bits per heavy atom. The largest absolute Gasteiger partial charge is 0.503 e. The van der Waals surface area contributed by atoms with Crippen molar-refractivity contribution in [3.8, 4) is 86.3 Å². The first kappa shape index (κ1) is 105. The third kappa shape index (κ3) is 18.2. The molecule has 6 atom stereocenters. The Kier molecular flexibility index (Phi) is 30.5. The van der Waals surface area contributed by atoms with Crippen LogP contribution in [0.3, 0.4) is 0 Å². The number of aromatic hydroxyl groups is 3. The van der Waals surface area contributed by atoms with Gasteiger partial charge in [0.25, 0.3) is 16.7 Å². The van der Waals surface area contributed by atoms with E-state index in [9.17, 15) is 81.8 Å². The molecule has 0 bridgehead atoms. The molecule has 0 radical (unpaired) electrons. The molecule has 3 aromatic carbocycles. The number of phenols is 3. The summed E-state index contributed by atoms with van der Waals surface area (Å²) in [6, 6.07) is 13.1. The number of halogens is 15. The van der Waals surface area contributed by atoms with Crippen LogP contribution in [0.25, 0.3) is 83.9 Å². The lowest BCUT2D eigenvalue weighted by molar-refractivity contribution is -0.131. The summed E-state index contributed by atoms with van der Waals surface area (Å²) in [6.45, 7) is 39.5. The zero-order valence-corrected chi connectivity index (χ0v) is 83.3. The second-order valence-electron chi connectivity index (χ2n) is 35.1. The molecule has 0 spiro atoms. The molecule has 42 heteroatoms. The van der Waals surface area contributed by atoms with Gasteiger partial charge in [-0.1, -0.05) is 142 Å². The van der Waals surface area contributed by atoms with Crippen molar-refractivity contribution in [2.24, 2.45) is 0 Å². The van der Waals surface area contributed by atoms with Crippen molar-refractivity contribution in [1.29, 1.82) is 15.8 Å². The summed E-state index contributed by atoms with van der Waals surface area (Å²) in [4.78, 5) is 119. The number of pyridine rings is 9. The molecule has 3 aliphatic heterocycles. The fraction of sp³-hybridized carbons (Fsp3) is 0.303. The summed E-state index contributed by atoms with van der Waals surface area (Å²) >= 11 is 44.5. The van der Waals surface area contributed by atoms with Crippen LogP contribution in [0.1, 0.15) is 151 Å². The number of fused-ring (bicyclic) bond motifs is 3. The second kappa shape index (κ2) is 41.0. The highest BCUT2D eigenvalue weighted by Gasteiger charge is 2.43. The number of anilines is 3. The SMILES string of the molecule is C=CC(=O)N1[C@H](C)CN(c2c(C#N)c(=O)n(-c3c(C)ccnc3C(C)C)c3nc(-c4c(F)c(O)c(F)c(Cl)c4Cl)c(Cl)cc23)C[C@@H]1C.C=CC(=O)N1[C@H](C)CN(c2c(C#N)c(=O)n(-c3c(C)ccnc3C(C)C)c3nc(-c4c(F)c(O)c(F)c(F)c4Cl)c(Cl)cc23)C[C@@H]1C.C=CC(=O)N1[C@H](C)CN(c2c(C#N)c(=O)n(-c3c(C)ccnc3C(C)C)c3nc(-c4c(F)c(O)c(F)c(F)c4Cl)c(Cl)cc23)C[C@@H]1C. The zero-order chi connectivity index (χ0) is 104. The van der Waals surface area contributed by atoms with Gasteiger partial charge in [-0.25, -0.2) is 41.3 Å². The van der Waals surface area contributed by atoms with Gasteiger partial charge in [-0.15, -0.1) is 0 Å². The van der Waals surface area contributed by atoms with Crippen LogP contribution in [0.2, 0.25) is 35.2 Å². The molecule has 3 saturated heterocycles. The van der Waals surface area contributed by atoms with Gasteiger partial charge in [0.15, 0.2) is 52.2 Å². The molecule has 27 nitrogen and oxygen atoms in total. The second-order valence-corrected chi connectivity index (χ2v) is 37.9. The summed E-state index contributed by atoms with van der Waals surface area (Å²) in [6.07, 6.45) is 8.41. The van der Waals surface area contributed by atoms with Gasteiger partial charge in [-0.05, 0) is 151 Å². The van der Waals surface area contributed by atoms with Crippen LogP contribution in [0.5, 0.6) is 17.2 Å². The molecule has 732 valence electrons. The normalized spacial score (nSPS) is 16.6. The van der Waals surface area contributed by atoms with E-state index in [-0.39, 0.29) is 199 Å². The summed E-state index contributed by atoms with van der Waals surface area (Å²) < 4.78 is 122. The summed E-state index contributed by atoms with van der Waals surface area (Å²) in [5, 5.41) is 58.1. The first-order valence-corrected chi connectivity index (χ1v) is 46.3. The van der Waals surface area contributed by atoms with Crippen molar-refractivity contribution in [1.82, 2.24) is 58.3 Å². The summed E-state index contributed by atoms with van der Waals surface area (Å²) in [7, 11) is 0. The zero-order valence-electron chi connectivity index (χ0n) is 78.0. The van der Waals surface area contributed by atoms with E-state index in [0.29, 0.717) is 50.8 Å². The number of amides is 3. The van der Waals surface area contributed by atoms with Gasteiger partial charge in [-0.3, -0.25) is 57.4 Å². The Morgan fingerprint density at radius 2 is 0.617 bits per heavy atom. The van der Waals surface area contributed by atoms with Gasteiger partial charge in [0.1, 0.15) is 51.8 Å². The van der Waals surface area contributed by atoms with E-state index < -0.39 is 129 Å². The third-order valence-electron chi connectivity index (χ3n) is 24.8. The fourth-order valence-corrected chi connectivity index (χ4v) is 20.4. The average molecular weight is 2070 g/mol. The van der Waals surface area contributed by atoms with Crippen LogP contribution in [0.15, 0.2) is 107 Å². The fourth-order valence-electron chi connectivity index (χ4n) is 18.7. The van der Waals surface area contributed by atoms with E-state index in [4.69, 9.17) is 81.2 Å². The topological polar surface area (TPSA) is 346 Å². The van der Waals surface area contributed by atoms with Crippen molar-refractivity contribution >= 4 is 149 Å². The molecule has 3 aliphatic rings. The monoisotopic (exact) mass is 2070 g/mol. The smallest absolute Gasteiger partial charge is 0.276 e. The lowest BCUT2D eigenvalue weighted by atomic mass is 10.0.